The summed E-state index contributed by atoms with van der Waals surface area (Å²) in [4.78, 5) is 25.3. The molecule has 20 heavy (non-hydrogen) atoms. The zero-order valence-electron chi connectivity index (χ0n) is 12.3. The molecule has 2 rings (SSSR count). The first-order valence-corrected chi connectivity index (χ1v) is 7.82. The molecule has 3 atom stereocenters. The van der Waals surface area contributed by atoms with Crippen LogP contribution in [0, 0.1) is 5.92 Å². The molecule has 114 valence electrons. The first kappa shape index (κ1) is 15.3. The van der Waals surface area contributed by atoms with Gasteiger partial charge in [-0.3, -0.25) is 9.59 Å². The van der Waals surface area contributed by atoms with Crippen molar-refractivity contribution in [2.24, 2.45) is 11.7 Å². The number of carboxylic acid groups (broad SMARTS) is 1. The second-order valence-electron chi connectivity index (χ2n) is 6.31. The van der Waals surface area contributed by atoms with E-state index in [2.05, 4.69) is 6.92 Å². The topological polar surface area (TPSA) is 83.6 Å². The van der Waals surface area contributed by atoms with Crippen molar-refractivity contribution in [3.8, 4) is 0 Å². The number of hydrogen-bond acceptors (Lipinski definition) is 3. The number of amides is 1. The van der Waals surface area contributed by atoms with Crippen LogP contribution in [0.3, 0.4) is 0 Å². The number of aliphatic carboxylic acids is 1. The third-order valence-electron chi connectivity index (χ3n) is 4.73. The molecule has 5 nitrogen and oxygen atoms in total. The Bertz CT molecular complexity index is 358. The van der Waals surface area contributed by atoms with Crippen LogP contribution < -0.4 is 5.73 Å². The molecule has 0 radical (unpaired) electrons. The van der Waals surface area contributed by atoms with Gasteiger partial charge < -0.3 is 15.7 Å². The van der Waals surface area contributed by atoms with Crippen LogP contribution in [0.25, 0.3) is 0 Å². The van der Waals surface area contributed by atoms with Crippen LogP contribution in [0.5, 0.6) is 0 Å². The van der Waals surface area contributed by atoms with Gasteiger partial charge in [0.05, 0.1) is 6.04 Å². The van der Waals surface area contributed by atoms with Crippen molar-refractivity contribution >= 4 is 11.9 Å². The number of nitrogens with two attached hydrogens (primary N) is 1. The molecule has 2 heterocycles. The standard InChI is InChI=1S/C15H26N2O3/c1-2-3-4-13(16)15(20)17-11-5-6-12(17)8-10(7-11)9-14(18)19/h10-13H,2-9,16H2,1H3,(H,18,19). The summed E-state index contributed by atoms with van der Waals surface area (Å²) in [6.07, 6.45) is 6.69. The maximum absolute atomic E-state index is 12.5. The fraction of sp³-hybridized carbons (Fsp3) is 0.867. The highest BCUT2D eigenvalue weighted by molar-refractivity contribution is 5.82. The molecular formula is C15H26N2O3. The molecule has 2 aliphatic rings. The number of unbranched alkanes of at least 4 members (excludes halogenated alkanes) is 1. The van der Waals surface area contributed by atoms with Gasteiger partial charge in [-0.2, -0.15) is 0 Å². The van der Waals surface area contributed by atoms with E-state index in [1.807, 2.05) is 4.90 Å². The van der Waals surface area contributed by atoms with Gasteiger partial charge in [0.15, 0.2) is 0 Å². The Hall–Kier alpha value is -1.10. The number of hydrogen-bond donors (Lipinski definition) is 2. The molecule has 3 unspecified atom stereocenters. The van der Waals surface area contributed by atoms with E-state index in [0.29, 0.717) is 0 Å². The molecule has 0 aromatic rings. The predicted molar refractivity (Wildman–Crippen MR) is 76.1 cm³/mol. The lowest BCUT2D eigenvalue weighted by Gasteiger charge is -2.39. The number of piperidine rings is 1. The third kappa shape index (κ3) is 3.32. The van der Waals surface area contributed by atoms with E-state index < -0.39 is 5.97 Å². The second-order valence-corrected chi connectivity index (χ2v) is 6.31. The van der Waals surface area contributed by atoms with Gasteiger partial charge in [-0.15, -0.1) is 0 Å². The molecule has 1 amide bonds. The van der Waals surface area contributed by atoms with E-state index in [0.717, 1.165) is 44.9 Å². The van der Waals surface area contributed by atoms with E-state index in [-0.39, 0.29) is 36.4 Å². The molecule has 0 aliphatic carbocycles. The summed E-state index contributed by atoms with van der Waals surface area (Å²) in [5.74, 6) is -0.422. The molecule has 5 heteroatoms. The van der Waals surface area contributed by atoms with Crippen molar-refractivity contribution in [1.82, 2.24) is 4.90 Å². The molecule has 3 N–H and O–H groups in total. The highest BCUT2D eigenvalue weighted by atomic mass is 16.4. The summed E-state index contributed by atoms with van der Waals surface area (Å²) in [5.41, 5.74) is 6.02. The number of carbonyl (C=O) groups is 2. The molecule has 2 fully saturated rings. The van der Waals surface area contributed by atoms with Gasteiger partial charge in [0, 0.05) is 18.5 Å². The second kappa shape index (κ2) is 6.57. The van der Waals surface area contributed by atoms with Crippen molar-refractivity contribution in [2.45, 2.75) is 76.4 Å². The molecule has 2 bridgehead atoms. The average Bonchev–Trinajstić information content (AvgIpc) is 2.66. The van der Waals surface area contributed by atoms with E-state index in [4.69, 9.17) is 10.8 Å². The van der Waals surface area contributed by atoms with Crippen molar-refractivity contribution in [3.05, 3.63) is 0 Å². The van der Waals surface area contributed by atoms with Crippen LogP contribution in [0.1, 0.15) is 58.3 Å². The summed E-state index contributed by atoms with van der Waals surface area (Å²) in [5, 5.41) is 8.92. The van der Waals surface area contributed by atoms with Crippen LogP contribution >= 0.6 is 0 Å². The lowest BCUT2D eigenvalue weighted by atomic mass is 9.87. The lowest BCUT2D eigenvalue weighted by Crippen LogP contribution is -2.52. The number of carboxylic acids is 1. The normalized spacial score (nSPS) is 30.3. The summed E-state index contributed by atoms with van der Waals surface area (Å²) >= 11 is 0. The number of nitrogens with zero attached hydrogens (tertiary/aromatic N) is 1. The summed E-state index contributed by atoms with van der Waals surface area (Å²) < 4.78 is 0. The monoisotopic (exact) mass is 282 g/mol. The van der Waals surface area contributed by atoms with Crippen LogP contribution in [-0.4, -0.2) is 40.0 Å². The zero-order chi connectivity index (χ0) is 14.7. The minimum Gasteiger partial charge on any atom is -0.481 e. The molecule has 0 spiro atoms. The number of carbonyl (C=O) groups excluding carboxylic acids is 1. The zero-order valence-corrected chi connectivity index (χ0v) is 12.3. The van der Waals surface area contributed by atoms with Crippen molar-refractivity contribution in [1.29, 1.82) is 0 Å². The Balaban J connectivity index is 1.94. The fourth-order valence-electron chi connectivity index (χ4n) is 3.80. The quantitative estimate of drug-likeness (QED) is 0.777. The largest absolute Gasteiger partial charge is 0.481 e. The van der Waals surface area contributed by atoms with Gasteiger partial charge >= 0.3 is 5.97 Å². The number of fused-ring (bicyclic) bond motifs is 2. The Morgan fingerprint density at radius 3 is 2.40 bits per heavy atom. The Morgan fingerprint density at radius 1 is 1.30 bits per heavy atom. The van der Waals surface area contributed by atoms with E-state index in [1.54, 1.807) is 0 Å². The summed E-state index contributed by atoms with van der Waals surface area (Å²) in [6, 6.07) is 0.0608. The van der Waals surface area contributed by atoms with Gasteiger partial charge in [0.25, 0.3) is 0 Å². The molecule has 0 saturated carbocycles. The van der Waals surface area contributed by atoms with E-state index >= 15 is 0 Å². The molecule has 0 aromatic carbocycles. The Morgan fingerprint density at radius 2 is 1.90 bits per heavy atom. The fourth-order valence-corrected chi connectivity index (χ4v) is 3.80. The minimum absolute atomic E-state index is 0.0831. The van der Waals surface area contributed by atoms with Crippen LogP contribution in [0.4, 0.5) is 0 Å². The Kier molecular flexibility index (Phi) is 5.02. The number of rotatable bonds is 6. The van der Waals surface area contributed by atoms with Gasteiger partial charge in [0.1, 0.15) is 0 Å². The lowest BCUT2D eigenvalue weighted by molar-refractivity contribution is -0.140. The highest BCUT2D eigenvalue weighted by Gasteiger charge is 2.44. The van der Waals surface area contributed by atoms with E-state index in [9.17, 15) is 9.59 Å². The maximum atomic E-state index is 12.5. The smallest absolute Gasteiger partial charge is 0.303 e. The van der Waals surface area contributed by atoms with Gasteiger partial charge in [-0.05, 0) is 38.0 Å². The van der Waals surface area contributed by atoms with Crippen LogP contribution in [0.15, 0.2) is 0 Å². The van der Waals surface area contributed by atoms with Gasteiger partial charge in [-0.1, -0.05) is 19.8 Å². The first-order chi connectivity index (χ1) is 9.52. The third-order valence-corrected chi connectivity index (χ3v) is 4.73. The molecular weight excluding hydrogens is 256 g/mol. The first-order valence-electron chi connectivity index (χ1n) is 7.82. The molecule has 0 aromatic heterocycles. The van der Waals surface area contributed by atoms with Crippen molar-refractivity contribution < 1.29 is 14.7 Å². The maximum Gasteiger partial charge on any atom is 0.303 e. The Labute approximate surface area is 120 Å². The molecule has 2 saturated heterocycles. The van der Waals surface area contributed by atoms with Crippen LogP contribution in [-0.2, 0) is 9.59 Å². The van der Waals surface area contributed by atoms with Gasteiger partial charge in [0.2, 0.25) is 5.91 Å². The highest BCUT2D eigenvalue weighted by Crippen LogP contribution is 2.40. The summed E-state index contributed by atoms with van der Waals surface area (Å²) in [7, 11) is 0. The van der Waals surface area contributed by atoms with Crippen molar-refractivity contribution in [2.75, 3.05) is 0 Å². The molecule has 2 aliphatic heterocycles. The van der Waals surface area contributed by atoms with Gasteiger partial charge in [-0.25, -0.2) is 0 Å². The van der Waals surface area contributed by atoms with E-state index in [1.165, 1.54) is 0 Å². The van der Waals surface area contributed by atoms with Crippen LogP contribution in [0.2, 0.25) is 0 Å². The summed E-state index contributed by atoms with van der Waals surface area (Å²) in [6.45, 7) is 2.10. The van der Waals surface area contributed by atoms with Crippen molar-refractivity contribution in [3.63, 3.8) is 0 Å². The average molecular weight is 282 g/mol. The predicted octanol–water partition coefficient (Wildman–Crippen LogP) is 1.75. The minimum atomic E-state index is -0.728. The SMILES string of the molecule is CCCCC(N)C(=O)N1C2CCC1CC(CC(=O)O)C2.